The number of ether oxygens (including phenoxy) is 2. The maximum Gasteiger partial charge on any atom is 0.270 e. The van der Waals surface area contributed by atoms with Crippen molar-refractivity contribution in [2.24, 2.45) is 0 Å². The first-order valence-corrected chi connectivity index (χ1v) is 9.59. The fraction of sp³-hybridized carbons (Fsp3) is 0.318. The number of hydrogen-bond donors (Lipinski definition) is 0. The van der Waals surface area contributed by atoms with Crippen molar-refractivity contribution in [1.82, 2.24) is 4.90 Å². The van der Waals surface area contributed by atoms with Crippen LogP contribution in [0, 0.1) is 10.1 Å². The van der Waals surface area contributed by atoms with Gasteiger partial charge in [0.1, 0.15) is 5.75 Å². The van der Waals surface area contributed by atoms with Gasteiger partial charge in [-0.15, -0.1) is 0 Å². The molecule has 2 aliphatic rings. The van der Waals surface area contributed by atoms with Gasteiger partial charge in [-0.05, 0) is 36.5 Å². The zero-order valence-corrected chi connectivity index (χ0v) is 16.2. The van der Waals surface area contributed by atoms with Crippen LogP contribution in [0.3, 0.4) is 0 Å². The summed E-state index contributed by atoms with van der Waals surface area (Å²) >= 11 is 0. The van der Waals surface area contributed by atoms with Crippen molar-refractivity contribution in [1.29, 1.82) is 0 Å². The Morgan fingerprint density at radius 2 is 2.10 bits per heavy atom. The highest BCUT2D eigenvalue weighted by Crippen LogP contribution is 2.35. The average molecular weight is 394 g/mol. The van der Waals surface area contributed by atoms with E-state index >= 15 is 0 Å². The first kappa shape index (κ1) is 19.1. The normalized spacial score (nSPS) is 17.9. The number of rotatable bonds is 4. The molecule has 0 aromatic heterocycles. The van der Waals surface area contributed by atoms with Crippen molar-refractivity contribution in [2.45, 2.75) is 31.9 Å². The predicted molar refractivity (Wildman–Crippen MR) is 107 cm³/mol. The van der Waals surface area contributed by atoms with Crippen LogP contribution in [0.1, 0.15) is 41.1 Å². The summed E-state index contributed by atoms with van der Waals surface area (Å²) in [6.07, 6.45) is 6.03. The summed E-state index contributed by atoms with van der Waals surface area (Å²) in [5, 5.41) is 11.2. The van der Waals surface area contributed by atoms with Crippen LogP contribution in [-0.4, -0.2) is 29.6 Å². The summed E-state index contributed by atoms with van der Waals surface area (Å²) < 4.78 is 10.7. The van der Waals surface area contributed by atoms with Crippen molar-refractivity contribution < 1.29 is 19.2 Å². The van der Waals surface area contributed by atoms with Gasteiger partial charge in [0.2, 0.25) is 5.91 Å². The van der Waals surface area contributed by atoms with Gasteiger partial charge in [-0.1, -0.05) is 24.3 Å². The molecule has 0 fully saturated rings. The molecule has 0 saturated carbocycles. The Kier molecular flexibility index (Phi) is 5.31. The van der Waals surface area contributed by atoms with E-state index in [0.717, 1.165) is 19.3 Å². The fourth-order valence-corrected chi connectivity index (χ4v) is 4.02. The molecule has 0 N–H and O–H groups in total. The molecule has 7 heteroatoms. The Balaban J connectivity index is 1.59. The molecule has 0 spiro atoms. The van der Waals surface area contributed by atoms with Crippen molar-refractivity contribution in [2.75, 3.05) is 13.8 Å². The number of benzene rings is 2. The van der Waals surface area contributed by atoms with Crippen LogP contribution in [0.4, 0.5) is 5.69 Å². The summed E-state index contributed by atoms with van der Waals surface area (Å²) in [5.74, 6) is 0.371. The molecule has 1 heterocycles. The van der Waals surface area contributed by atoms with Gasteiger partial charge in [0.15, 0.2) is 6.79 Å². The molecule has 4 rings (SSSR count). The minimum atomic E-state index is -0.459. The summed E-state index contributed by atoms with van der Waals surface area (Å²) in [6, 6.07) is 11.1. The number of likely N-dealkylation sites (N-methyl/N-ethyl adjacent to an activating group) is 1. The Labute approximate surface area is 168 Å². The topological polar surface area (TPSA) is 81.9 Å². The van der Waals surface area contributed by atoms with Gasteiger partial charge in [-0.25, -0.2) is 0 Å². The van der Waals surface area contributed by atoms with E-state index in [1.807, 2.05) is 12.1 Å². The Morgan fingerprint density at radius 1 is 1.28 bits per heavy atom. The minimum absolute atomic E-state index is 0.0285. The maximum atomic E-state index is 12.9. The zero-order chi connectivity index (χ0) is 20.4. The van der Waals surface area contributed by atoms with Crippen LogP contribution >= 0.6 is 0 Å². The average Bonchev–Trinajstić information content (AvgIpc) is 2.76. The molecule has 0 unspecified atom stereocenters. The van der Waals surface area contributed by atoms with Crippen LogP contribution in [0.5, 0.6) is 5.75 Å². The summed E-state index contributed by atoms with van der Waals surface area (Å²) in [4.78, 5) is 25.4. The number of amides is 1. The largest absolute Gasteiger partial charge is 0.467 e. The molecular weight excluding hydrogens is 372 g/mol. The van der Waals surface area contributed by atoms with Crippen molar-refractivity contribution in [3.8, 4) is 5.75 Å². The highest BCUT2D eigenvalue weighted by Gasteiger charge is 2.26. The molecule has 29 heavy (non-hydrogen) atoms. The first-order chi connectivity index (χ1) is 14.0. The Bertz CT molecular complexity index is 985. The van der Waals surface area contributed by atoms with Gasteiger partial charge < -0.3 is 14.4 Å². The maximum absolute atomic E-state index is 12.9. The van der Waals surface area contributed by atoms with E-state index in [1.54, 1.807) is 18.0 Å². The molecule has 0 bridgehead atoms. The van der Waals surface area contributed by atoms with Crippen LogP contribution < -0.4 is 4.74 Å². The van der Waals surface area contributed by atoms with Gasteiger partial charge in [-0.3, -0.25) is 14.9 Å². The SMILES string of the molecule is CN(C(=O)/C=C\c1cc([N+](=O)[O-])cc2c1OCOC2)[C@H]1CCCc2ccccc21. The highest BCUT2D eigenvalue weighted by atomic mass is 16.7. The third-order valence-electron chi connectivity index (χ3n) is 5.49. The molecule has 1 aliphatic heterocycles. The molecule has 2 aromatic carbocycles. The molecular formula is C22H22N2O5. The molecule has 150 valence electrons. The third-order valence-corrected chi connectivity index (χ3v) is 5.49. The smallest absolute Gasteiger partial charge is 0.270 e. The van der Waals surface area contributed by atoms with E-state index in [-0.39, 0.29) is 31.0 Å². The van der Waals surface area contributed by atoms with Crippen LogP contribution in [0.25, 0.3) is 6.08 Å². The lowest BCUT2D eigenvalue weighted by atomic mass is 9.87. The lowest BCUT2D eigenvalue weighted by Gasteiger charge is -2.32. The number of carbonyl (C=O) groups excluding carboxylic acids is 1. The van der Waals surface area contributed by atoms with Crippen molar-refractivity contribution in [3.05, 3.63) is 74.8 Å². The summed E-state index contributed by atoms with van der Waals surface area (Å²) in [6.45, 7) is 0.322. The molecule has 7 nitrogen and oxygen atoms in total. The second kappa shape index (κ2) is 8.05. The molecule has 1 aliphatic carbocycles. The Hall–Kier alpha value is -3.19. The number of carbonyl (C=O) groups is 1. The monoisotopic (exact) mass is 394 g/mol. The second-order valence-corrected chi connectivity index (χ2v) is 7.28. The molecule has 0 radical (unpaired) electrons. The number of fused-ring (bicyclic) bond motifs is 2. The number of nitrogens with zero attached hydrogens (tertiary/aromatic N) is 2. The van der Waals surface area contributed by atoms with E-state index in [4.69, 9.17) is 9.47 Å². The van der Waals surface area contributed by atoms with Crippen LogP contribution in [-0.2, 0) is 22.6 Å². The predicted octanol–water partition coefficient (Wildman–Crippen LogP) is 4.01. The summed E-state index contributed by atoms with van der Waals surface area (Å²) in [7, 11) is 1.80. The number of hydrogen-bond acceptors (Lipinski definition) is 5. The van der Waals surface area contributed by atoms with Gasteiger partial charge in [0, 0.05) is 36.4 Å². The Morgan fingerprint density at radius 3 is 2.93 bits per heavy atom. The summed E-state index contributed by atoms with van der Waals surface area (Å²) in [5.41, 5.74) is 3.53. The number of non-ortho nitro benzene ring substituents is 1. The molecule has 2 aromatic rings. The van der Waals surface area contributed by atoms with Crippen LogP contribution in [0.2, 0.25) is 0 Å². The molecule has 1 atom stereocenters. The van der Waals surface area contributed by atoms with Crippen molar-refractivity contribution in [3.63, 3.8) is 0 Å². The highest BCUT2D eigenvalue weighted by molar-refractivity contribution is 5.92. The second-order valence-electron chi connectivity index (χ2n) is 7.28. The standard InChI is InChI=1S/C22H22N2O5/c1-23(20-8-4-6-15-5-2-3-7-19(15)20)21(25)10-9-16-11-18(24(26)27)12-17-13-28-14-29-22(16)17/h2-3,5,7,9-12,20H,4,6,8,13-14H2,1H3/b10-9-/t20-/m0/s1. The lowest BCUT2D eigenvalue weighted by Crippen LogP contribution is -2.32. The van der Waals surface area contributed by atoms with E-state index in [9.17, 15) is 14.9 Å². The minimum Gasteiger partial charge on any atom is -0.467 e. The van der Waals surface area contributed by atoms with Gasteiger partial charge in [0.25, 0.3) is 5.69 Å². The molecule has 0 saturated heterocycles. The van der Waals surface area contributed by atoms with Crippen molar-refractivity contribution >= 4 is 17.7 Å². The van der Waals surface area contributed by atoms with Gasteiger partial charge in [-0.2, -0.15) is 0 Å². The fourth-order valence-electron chi connectivity index (χ4n) is 4.02. The van der Waals surface area contributed by atoms with Crippen LogP contribution in [0.15, 0.2) is 42.5 Å². The van der Waals surface area contributed by atoms with Gasteiger partial charge >= 0.3 is 0 Å². The quantitative estimate of drug-likeness (QED) is 0.445. The number of nitro groups is 1. The van der Waals surface area contributed by atoms with E-state index in [0.29, 0.717) is 16.9 Å². The van der Waals surface area contributed by atoms with E-state index in [2.05, 4.69) is 12.1 Å². The number of nitro benzene ring substituents is 1. The van der Waals surface area contributed by atoms with E-state index in [1.165, 1.54) is 29.3 Å². The zero-order valence-electron chi connectivity index (χ0n) is 16.2. The van der Waals surface area contributed by atoms with E-state index < -0.39 is 4.92 Å². The lowest BCUT2D eigenvalue weighted by molar-refractivity contribution is -0.385. The first-order valence-electron chi connectivity index (χ1n) is 9.59. The van der Waals surface area contributed by atoms with Gasteiger partial charge in [0.05, 0.1) is 17.6 Å². The molecule has 1 amide bonds. The number of aryl methyl sites for hydroxylation is 1. The third kappa shape index (κ3) is 3.86.